The fourth-order valence-electron chi connectivity index (χ4n) is 2.94. The highest BCUT2D eigenvalue weighted by atomic mass is 32.2. The second-order valence-electron chi connectivity index (χ2n) is 6.11. The fraction of sp³-hybridized carbons (Fsp3) is 0.211. The van der Waals surface area contributed by atoms with E-state index in [1.807, 2.05) is 0 Å². The Morgan fingerprint density at radius 2 is 2.10 bits per heavy atom. The van der Waals surface area contributed by atoms with Crippen LogP contribution in [-0.4, -0.2) is 44.1 Å². The summed E-state index contributed by atoms with van der Waals surface area (Å²) in [6.07, 6.45) is 3.19. The first kappa shape index (κ1) is 20.6. The van der Waals surface area contributed by atoms with Gasteiger partial charge in [0.1, 0.15) is 5.65 Å². The van der Waals surface area contributed by atoms with Crippen LogP contribution in [0.15, 0.2) is 36.7 Å². The first-order chi connectivity index (χ1) is 13.9. The van der Waals surface area contributed by atoms with Crippen molar-refractivity contribution in [2.75, 3.05) is 18.0 Å². The number of hydrogen-bond donors (Lipinski definition) is 2. The third-order valence-corrected chi connectivity index (χ3v) is 5.06. The summed E-state index contributed by atoms with van der Waals surface area (Å²) in [6, 6.07) is 5.50. The maximum absolute atomic E-state index is 15.1. The Balaban J connectivity index is 2.08. The zero-order valence-electron chi connectivity index (χ0n) is 15.6. The minimum absolute atomic E-state index is 0.112. The summed E-state index contributed by atoms with van der Waals surface area (Å²) in [7, 11) is 1.23. The van der Waals surface area contributed by atoms with Gasteiger partial charge in [0.25, 0.3) is 11.3 Å². The smallest absolute Gasteiger partial charge is 0.339 e. The summed E-state index contributed by atoms with van der Waals surface area (Å²) in [5.74, 6) is -2.17. The minimum atomic E-state index is -2.44. The van der Waals surface area contributed by atoms with Crippen LogP contribution < -0.4 is 4.31 Å². The number of ether oxygens (including phenoxy) is 1. The number of benzene rings is 1. The molecule has 0 bridgehead atoms. The largest absolute Gasteiger partial charge is 0.465 e. The topological polar surface area (TPSA) is 113 Å². The lowest BCUT2D eigenvalue weighted by atomic mass is 10.0. The molecule has 152 valence electrons. The van der Waals surface area contributed by atoms with Crippen molar-refractivity contribution in [3.63, 3.8) is 0 Å². The molecule has 0 aliphatic heterocycles. The van der Waals surface area contributed by atoms with E-state index in [-0.39, 0.29) is 28.9 Å². The zero-order chi connectivity index (χ0) is 21.1. The third kappa shape index (κ3) is 3.89. The zero-order valence-corrected chi connectivity index (χ0v) is 16.5. The molecule has 0 saturated heterocycles. The van der Waals surface area contributed by atoms with Crippen LogP contribution in [0.5, 0.6) is 0 Å². The molecule has 0 amide bonds. The van der Waals surface area contributed by atoms with Gasteiger partial charge in [-0.3, -0.25) is 13.7 Å². The number of carbonyl (C=O) groups excluding carboxylic acids is 2. The molecule has 0 fully saturated rings. The van der Waals surface area contributed by atoms with Crippen LogP contribution in [0.4, 0.5) is 10.1 Å². The first-order valence-electron chi connectivity index (χ1n) is 8.66. The molecule has 29 heavy (non-hydrogen) atoms. The van der Waals surface area contributed by atoms with Crippen LogP contribution >= 0.6 is 0 Å². The molecule has 1 atom stereocenters. The van der Waals surface area contributed by atoms with E-state index in [9.17, 15) is 18.4 Å². The molecule has 1 unspecified atom stereocenters. The highest BCUT2D eigenvalue weighted by molar-refractivity contribution is 7.80. The monoisotopic (exact) mass is 419 g/mol. The number of H-pyrrole nitrogens is 1. The van der Waals surface area contributed by atoms with Gasteiger partial charge in [0.2, 0.25) is 0 Å². The van der Waals surface area contributed by atoms with E-state index >= 15 is 4.39 Å². The van der Waals surface area contributed by atoms with E-state index in [0.29, 0.717) is 17.5 Å². The summed E-state index contributed by atoms with van der Waals surface area (Å²) in [5, 5.41) is 0.332. The van der Waals surface area contributed by atoms with Gasteiger partial charge in [-0.2, -0.15) is 0 Å². The predicted molar refractivity (Wildman–Crippen MR) is 106 cm³/mol. The van der Waals surface area contributed by atoms with Crippen molar-refractivity contribution in [3.8, 4) is 0 Å². The van der Waals surface area contributed by atoms with Crippen molar-refractivity contribution >= 4 is 39.7 Å². The number of aromatic amines is 1. The second-order valence-corrected chi connectivity index (χ2v) is 7.02. The Morgan fingerprint density at radius 1 is 1.34 bits per heavy atom. The number of pyridine rings is 1. The van der Waals surface area contributed by atoms with Gasteiger partial charge in [0.05, 0.1) is 23.9 Å². The molecule has 0 aliphatic rings. The van der Waals surface area contributed by atoms with Crippen LogP contribution in [-0.2, 0) is 16.0 Å². The number of esters is 1. The molecule has 0 radical (unpaired) electrons. The molecule has 10 heteroatoms. The van der Waals surface area contributed by atoms with E-state index in [4.69, 9.17) is 0 Å². The molecule has 2 heterocycles. The van der Waals surface area contributed by atoms with Crippen molar-refractivity contribution in [1.29, 1.82) is 0 Å². The highest BCUT2D eigenvalue weighted by Crippen LogP contribution is 2.27. The summed E-state index contributed by atoms with van der Waals surface area (Å²) in [5.41, 5.74) is 0.195. The first-order valence-corrected chi connectivity index (χ1v) is 9.72. The second kappa shape index (κ2) is 8.50. The predicted octanol–water partition coefficient (Wildman–Crippen LogP) is 3.07. The quantitative estimate of drug-likeness (QED) is 0.346. The molecule has 0 aliphatic carbocycles. The highest BCUT2D eigenvalue weighted by Gasteiger charge is 2.24. The number of carbonyl (C=O) groups is 2. The molecule has 3 rings (SSSR count). The van der Waals surface area contributed by atoms with Crippen LogP contribution in [0, 0.1) is 5.82 Å². The van der Waals surface area contributed by atoms with Gasteiger partial charge >= 0.3 is 5.97 Å². The Hall–Kier alpha value is -3.11. The van der Waals surface area contributed by atoms with Crippen LogP contribution in [0.25, 0.3) is 11.0 Å². The van der Waals surface area contributed by atoms with E-state index in [1.54, 1.807) is 6.92 Å². The maximum atomic E-state index is 15.1. The van der Waals surface area contributed by atoms with Gasteiger partial charge in [-0.15, -0.1) is 0 Å². The number of methoxy groups -OCH3 is 1. The van der Waals surface area contributed by atoms with Crippen molar-refractivity contribution in [1.82, 2.24) is 9.97 Å². The number of anilines is 1. The average molecular weight is 419 g/mol. The van der Waals surface area contributed by atoms with Crippen molar-refractivity contribution in [2.45, 2.75) is 13.3 Å². The Labute approximate surface area is 168 Å². The molecule has 8 nitrogen and oxygen atoms in total. The van der Waals surface area contributed by atoms with Gasteiger partial charge in [-0.1, -0.05) is 13.0 Å². The number of hydrogen-bond acceptors (Lipinski definition) is 5. The number of nitrogens with zero attached hydrogens (tertiary/aromatic N) is 2. The van der Waals surface area contributed by atoms with E-state index < -0.39 is 28.8 Å². The minimum Gasteiger partial charge on any atom is -0.465 e. The number of nitrogens with one attached hydrogen (secondary N) is 1. The lowest BCUT2D eigenvalue weighted by Crippen LogP contribution is -2.27. The Bertz CT molecular complexity index is 1110. The Morgan fingerprint density at radius 3 is 2.76 bits per heavy atom. The lowest BCUT2D eigenvalue weighted by molar-refractivity contribution is 0.0600. The van der Waals surface area contributed by atoms with Crippen LogP contribution in [0.2, 0.25) is 0 Å². The normalized spacial score (nSPS) is 12.0. The van der Waals surface area contributed by atoms with Crippen molar-refractivity contribution in [3.05, 3.63) is 59.2 Å². The number of halogens is 1. The average Bonchev–Trinajstić information content (AvgIpc) is 3.14. The summed E-state index contributed by atoms with van der Waals surface area (Å²) < 4.78 is 41.8. The molecule has 3 aromatic rings. The summed E-state index contributed by atoms with van der Waals surface area (Å²) >= 11 is -2.44. The van der Waals surface area contributed by atoms with Gasteiger partial charge in [-0.25, -0.2) is 18.4 Å². The van der Waals surface area contributed by atoms with Gasteiger partial charge in [-0.05, 0) is 24.6 Å². The van der Waals surface area contributed by atoms with Gasteiger partial charge < -0.3 is 9.72 Å². The van der Waals surface area contributed by atoms with Crippen LogP contribution in [0.1, 0.15) is 39.6 Å². The summed E-state index contributed by atoms with van der Waals surface area (Å²) in [4.78, 5) is 31.7. The fourth-order valence-corrected chi connectivity index (χ4v) is 3.59. The number of ketones is 1. The van der Waals surface area contributed by atoms with Crippen molar-refractivity contribution < 1.29 is 27.5 Å². The molecule has 2 aromatic heterocycles. The van der Waals surface area contributed by atoms with E-state index in [1.165, 1.54) is 43.8 Å². The lowest BCUT2D eigenvalue weighted by Gasteiger charge is -2.20. The molecule has 1 aromatic carbocycles. The molecule has 2 N–H and O–H groups in total. The molecular formula is C19H18FN3O5S. The Kier molecular flexibility index (Phi) is 6.04. The van der Waals surface area contributed by atoms with Gasteiger partial charge in [0.15, 0.2) is 11.6 Å². The van der Waals surface area contributed by atoms with Gasteiger partial charge in [0, 0.05) is 29.9 Å². The maximum Gasteiger partial charge on any atom is 0.339 e. The summed E-state index contributed by atoms with van der Waals surface area (Å²) in [6.45, 7) is 1.92. The van der Waals surface area contributed by atoms with Crippen LogP contribution in [0.3, 0.4) is 0 Å². The van der Waals surface area contributed by atoms with Crippen molar-refractivity contribution in [2.24, 2.45) is 0 Å². The standard InChI is InChI=1S/C19H18FN3O5S/c1-3-7-23(29(26)27)15-6-4-5-12(16(15)20)17(24)14-10-22-18-13(14)8-11(9-21-18)19(25)28-2/h4-6,8-10H,3,7H2,1-2H3,(H,21,22)(H,26,27). The SMILES string of the molecule is CCCN(c1cccc(C(=O)c2c[nH]c3ncc(C(=O)OC)cc23)c1F)S(=O)O. The number of aromatic nitrogens is 2. The van der Waals surface area contributed by atoms with E-state index in [2.05, 4.69) is 14.7 Å². The molecule has 0 saturated carbocycles. The number of fused-ring (bicyclic) bond motifs is 1. The third-order valence-electron chi connectivity index (χ3n) is 4.30. The van der Waals surface area contributed by atoms with E-state index in [0.717, 1.165) is 4.31 Å². The molecular weight excluding hydrogens is 401 g/mol. The molecule has 0 spiro atoms. The number of rotatable bonds is 7.